The van der Waals surface area contributed by atoms with Crippen molar-refractivity contribution in [2.45, 2.75) is 6.92 Å². The molecule has 1 nitrogen and oxygen atoms in total. The molecule has 0 aromatic heterocycles. The van der Waals surface area contributed by atoms with E-state index < -0.39 is 8.29 Å². The van der Waals surface area contributed by atoms with Crippen molar-refractivity contribution in [1.82, 2.24) is 0 Å². The fourth-order valence-corrected chi connectivity index (χ4v) is 1.86. The van der Waals surface area contributed by atoms with E-state index in [1.165, 1.54) is 11.5 Å². The second-order valence-electron chi connectivity index (χ2n) is 5.95. The van der Waals surface area contributed by atoms with Gasteiger partial charge in [-0.15, -0.1) is 0 Å². The molecule has 72 valence electrons. The van der Waals surface area contributed by atoms with Gasteiger partial charge in [-0.3, -0.25) is 8.29 Å². The summed E-state index contributed by atoms with van der Waals surface area (Å²) >= 11 is 0. The zero-order valence-electron chi connectivity index (χ0n) is 8.94. The fourth-order valence-electron chi connectivity index (χ4n) is 0.620. The normalized spacial score (nSPS) is 19.1. The van der Waals surface area contributed by atoms with Gasteiger partial charge in [-0.1, -0.05) is 6.92 Å². The minimum absolute atomic E-state index is 0.898. The summed E-state index contributed by atoms with van der Waals surface area (Å²) in [6, 6.07) is 0. The van der Waals surface area contributed by atoms with Gasteiger partial charge in [0.15, 0.2) is 0 Å². The Bertz CT molecular complexity index is 139. The maximum absolute atomic E-state index is 5.14. The molecule has 0 saturated heterocycles. The van der Waals surface area contributed by atoms with E-state index in [0.29, 0.717) is 0 Å². The van der Waals surface area contributed by atoms with Gasteiger partial charge in [-0.2, -0.15) is 0 Å². The Morgan fingerprint density at radius 3 is 1.82 bits per heavy atom. The summed E-state index contributed by atoms with van der Waals surface area (Å²) in [6.45, 7) is 3.19. The first-order chi connectivity index (χ1) is 4.62. The van der Waals surface area contributed by atoms with E-state index in [9.17, 15) is 0 Å². The number of methoxy groups -OCH3 is 1. The van der Waals surface area contributed by atoms with E-state index in [2.05, 4.69) is 31.9 Å². The third-order valence-corrected chi connectivity index (χ3v) is 7.41. The molecule has 0 saturated carbocycles. The highest BCUT2D eigenvalue weighted by atomic mass is 32.4. The van der Waals surface area contributed by atoms with Crippen LogP contribution in [0, 0.1) is 0 Å². The molecule has 0 aromatic rings. The molecule has 0 rings (SSSR count). The molecule has 0 aliphatic rings. The molecule has 0 unspecified atom stereocenters. The third kappa shape index (κ3) is 4.70. The van der Waals surface area contributed by atoms with Crippen molar-refractivity contribution >= 4 is 8.29 Å². The molecular formula is C9H24OS. The molecule has 0 atom stereocenters. The molecule has 0 spiro atoms. The summed E-state index contributed by atoms with van der Waals surface area (Å²) in [7, 11) is 0.0698. The second-order valence-corrected chi connectivity index (χ2v) is 16.9. The molecule has 0 radical (unpaired) electrons. The van der Waals surface area contributed by atoms with Crippen molar-refractivity contribution in [2.75, 3.05) is 50.2 Å². The van der Waals surface area contributed by atoms with E-state index >= 15 is 0 Å². The van der Waals surface area contributed by atoms with Crippen LogP contribution in [0.5, 0.6) is 0 Å². The monoisotopic (exact) mass is 180 g/mol. The van der Waals surface area contributed by atoms with E-state index in [1.807, 2.05) is 0 Å². The molecule has 0 heterocycles. The number of ether oxygens (including phenoxy) is 1. The van der Waals surface area contributed by atoms with Crippen LogP contribution < -0.4 is 0 Å². The fraction of sp³-hybridized carbons (Fsp3) is 1.00. The first-order valence-electron chi connectivity index (χ1n) is 4.11. The van der Waals surface area contributed by atoms with Crippen LogP contribution in [-0.4, -0.2) is 50.2 Å². The van der Waals surface area contributed by atoms with Crippen LogP contribution in [0.15, 0.2) is 0 Å². The van der Waals surface area contributed by atoms with Crippen LogP contribution >= 0.6 is 8.29 Å². The number of hydrogen-bond donors (Lipinski definition) is 0. The molecule has 0 bridgehead atoms. The summed E-state index contributed by atoms with van der Waals surface area (Å²) < 4.78 is 5.14. The smallest absolute Gasteiger partial charge is 0.0526 e. The lowest BCUT2D eigenvalue weighted by Crippen LogP contribution is -2.38. The summed E-state index contributed by atoms with van der Waals surface area (Å²) in [6.07, 6.45) is 9.72. The van der Waals surface area contributed by atoms with Crippen molar-refractivity contribution in [3.8, 4) is 0 Å². The van der Waals surface area contributed by atoms with Crippen molar-refractivity contribution in [3.05, 3.63) is 0 Å². The highest BCUT2D eigenvalue weighted by Crippen LogP contribution is 2.77. The maximum Gasteiger partial charge on any atom is 0.0526 e. The molecular weight excluding hydrogens is 156 g/mol. The Balaban J connectivity index is 4.37. The van der Waals surface area contributed by atoms with Gasteiger partial charge in [-0.05, 0) is 36.5 Å². The van der Waals surface area contributed by atoms with Crippen molar-refractivity contribution in [3.63, 3.8) is 0 Å². The second kappa shape index (κ2) is 2.40. The van der Waals surface area contributed by atoms with Crippen molar-refractivity contribution in [2.24, 2.45) is 0 Å². The van der Waals surface area contributed by atoms with Crippen molar-refractivity contribution in [1.29, 1.82) is 0 Å². The van der Waals surface area contributed by atoms with E-state index in [-0.39, 0.29) is 0 Å². The van der Waals surface area contributed by atoms with Crippen LogP contribution in [0.2, 0.25) is 0 Å². The predicted octanol–water partition coefficient (Wildman–Crippen LogP) is 2.05. The summed E-state index contributed by atoms with van der Waals surface area (Å²) in [5.41, 5.74) is 0. The summed E-state index contributed by atoms with van der Waals surface area (Å²) in [5, 5.41) is 0. The lowest BCUT2D eigenvalue weighted by atomic mass is 10.9. The molecule has 0 aliphatic carbocycles. The van der Waals surface area contributed by atoms with E-state index in [4.69, 9.17) is 4.74 Å². The van der Waals surface area contributed by atoms with Crippen LogP contribution in [0.3, 0.4) is 0 Å². The lowest BCUT2D eigenvalue weighted by Gasteiger charge is -2.68. The average Bonchev–Trinajstić information content (AvgIpc) is 1.83. The zero-order valence-corrected chi connectivity index (χ0v) is 9.75. The Kier molecular flexibility index (Phi) is 2.46. The van der Waals surface area contributed by atoms with Crippen LogP contribution in [0.1, 0.15) is 6.92 Å². The van der Waals surface area contributed by atoms with Gasteiger partial charge in [0.1, 0.15) is 0 Å². The maximum atomic E-state index is 5.14. The molecule has 0 N–H and O–H groups in total. The largest absolute Gasteiger partial charge is 0.384 e. The third-order valence-electron chi connectivity index (χ3n) is 2.61. The highest BCUT2D eigenvalue weighted by molar-refractivity contribution is 8.62. The Morgan fingerprint density at radius 2 is 1.55 bits per heavy atom. The SMILES string of the molecule is CCS(C)(C)(C)(C)CCOC. The Morgan fingerprint density at radius 1 is 1.09 bits per heavy atom. The van der Waals surface area contributed by atoms with Gasteiger partial charge in [0, 0.05) is 7.11 Å². The molecule has 0 aliphatic heterocycles. The van der Waals surface area contributed by atoms with Crippen LogP contribution in [0.25, 0.3) is 0 Å². The molecule has 2 heteroatoms. The number of hydrogen-bond acceptors (Lipinski definition) is 1. The van der Waals surface area contributed by atoms with Gasteiger partial charge in [0.05, 0.1) is 6.61 Å². The molecule has 11 heavy (non-hydrogen) atoms. The predicted molar refractivity (Wildman–Crippen MR) is 58.6 cm³/mol. The number of rotatable bonds is 4. The average molecular weight is 180 g/mol. The van der Waals surface area contributed by atoms with Crippen molar-refractivity contribution < 1.29 is 4.74 Å². The van der Waals surface area contributed by atoms with E-state index in [1.54, 1.807) is 7.11 Å². The first-order valence-corrected chi connectivity index (χ1v) is 8.54. The van der Waals surface area contributed by atoms with Gasteiger partial charge in [-0.25, -0.2) is 0 Å². The zero-order chi connectivity index (χ0) is 9.24. The van der Waals surface area contributed by atoms with Gasteiger partial charge >= 0.3 is 0 Å². The van der Waals surface area contributed by atoms with Gasteiger partial charge in [0.25, 0.3) is 0 Å². The van der Waals surface area contributed by atoms with Crippen LogP contribution in [-0.2, 0) is 4.74 Å². The van der Waals surface area contributed by atoms with E-state index in [0.717, 1.165) is 6.61 Å². The topological polar surface area (TPSA) is 9.23 Å². The highest BCUT2D eigenvalue weighted by Gasteiger charge is 2.39. The standard InChI is InChI=1S/C9H24OS/c1-7-11(3,4,5,6)9-8-10-2/h7-9H2,1-6H3. The quantitative estimate of drug-likeness (QED) is 0.643. The Hall–Kier alpha value is 0.310. The molecule has 0 fully saturated rings. The van der Waals surface area contributed by atoms with Gasteiger partial charge < -0.3 is 4.74 Å². The summed E-state index contributed by atoms with van der Waals surface area (Å²) in [5.74, 6) is 2.50. The molecule has 0 amide bonds. The minimum atomic E-state index is -1.71. The van der Waals surface area contributed by atoms with Crippen LogP contribution in [0.4, 0.5) is 0 Å². The lowest BCUT2D eigenvalue weighted by molar-refractivity contribution is 0.217. The summed E-state index contributed by atoms with van der Waals surface area (Å²) in [4.78, 5) is 0. The minimum Gasteiger partial charge on any atom is -0.384 e. The Labute approximate surface area is 70.8 Å². The molecule has 0 aromatic carbocycles. The van der Waals surface area contributed by atoms with Gasteiger partial charge in [0.2, 0.25) is 0 Å². The first kappa shape index (κ1) is 11.3.